The molecule has 2 amide bonds. The molecule has 0 bridgehead atoms. The average molecular weight is 503 g/mol. The molecule has 1 N–H and O–H groups in total. The van der Waals surface area contributed by atoms with Crippen LogP contribution in [0.2, 0.25) is 0 Å². The maximum atomic E-state index is 13.6. The van der Waals surface area contributed by atoms with Crippen molar-refractivity contribution >= 4 is 62.7 Å². The highest BCUT2D eigenvalue weighted by atomic mass is 32.1. The zero-order chi connectivity index (χ0) is 25.4. The Hall–Kier alpha value is -4.95. The number of benzene rings is 3. The minimum atomic E-state index is -0.581. The molecule has 0 saturated carbocycles. The van der Waals surface area contributed by atoms with Crippen LogP contribution in [0.25, 0.3) is 27.9 Å². The topological polar surface area (TPSA) is 84.4 Å². The lowest BCUT2D eigenvalue weighted by Gasteiger charge is -2.29. The molecule has 1 fully saturated rings. The van der Waals surface area contributed by atoms with Crippen molar-refractivity contribution in [2.24, 2.45) is 0 Å². The van der Waals surface area contributed by atoms with Crippen molar-refractivity contribution < 1.29 is 14.3 Å². The zero-order valence-electron chi connectivity index (χ0n) is 19.3. The van der Waals surface area contributed by atoms with Gasteiger partial charge in [0.25, 0.3) is 11.8 Å². The number of anilines is 1. The number of carbonyl (C=O) groups excluding carboxylic acids is 2. The van der Waals surface area contributed by atoms with Crippen LogP contribution < -0.4 is 15.0 Å². The molecule has 5 aromatic rings. The molecule has 3 heterocycles. The second-order valence-corrected chi connectivity index (χ2v) is 8.67. The van der Waals surface area contributed by atoms with E-state index in [1.54, 1.807) is 36.5 Å². The molecule has 0 spiro atoms. The molecule has 178 valence electrons. The van der Waals surface area contributed by atoms with Crippen LogP contribution >= 0.6 is 12.2 Å². The predicted octanol–water partition coefficient (Wildman–Crippen LogP) is 5.41. The highest BCUT2D eigenvalue weighted by Crippen LogP contribution is 2.29. The lowest BCUT2D eigenvalue weighted by molar-refractivity contribution is -0.122. The molecule has 6 rings (SSSR count). The molecular formula is C29H18N4O3S. The summed E-state index contributed by atoms with van der Waals surface area (Å²) in [5.41, 5.74) is 2.35. The number of hydrogen-bond donors (Lipinski definition) is 1. The number of amides is 2. The Morgan fingerprint density at radius 3 is 2.32 bits per heavy atom. The first-order chi connectivity index (χ1) is 18.1. The Morgan fingerprint density at radius 1 is 0.811 bits per heavy atom. The van der Waals surface area contributed by atoms with Crippen molar-refractivity contribution in [3.63, 3.8) is 0 Å². The van der Waals surface area contributed by atoms with Crippen LogP contribution in [0.1, 0.15) is 5.69 Å². The van der Waals surface area contributed by atoms with Crippen LogP contribution in [0, 0.1) is 0 Å². The molecule has 0 radical (unpaired) electrons. The van der Waals surface area contributed by atoms with Gasteiger partial charge in [0.1, 0.15) is 17.1 Å². The molecule has 3 aromatic carbocycles. The highest BCUT2D eigenvalue weighted by molar-refractivity contribution is 7.80. The van der Waals surface area contributed by atoms with Crippen LogP contribution in [0.4, 0.5) is 5.69 Å². The summed E-state index contributed by atoms with van der Waals surface area (Å²) in [6.07, 6.45) is 3.20. The van der Waals surface area contributed by atoms with Gasteiger partial charge in [-0.25, -0.2) is 4.98 Å². The first-order valence-corrected chi connectivity index (χ1v) is 11.9. The number of carbonyl (C=O) groups is 2. The fraction of sp³-hybridized carbons (Fsp3) is 0. The quantitative estimate of drug-likeness (QED) is 0.153. The van der Waals surface area contributed by atoms with Crippen molar-refractivity contribution in [1.29, 1.82) is 0 Å². The fourth-order valence-corrected chi connectivity index (χ4v) is 4.50. The van der Waals surface area contributed by atoms with E-state index >= 15 is 0 Å². The maximum absolute atomic E-state index is 13.6. The molecule has 1 aliphatic rings. The standard InChI is InChI=1S/C29H18N4O3S/c34-27-23(17-25-22-10-6-16-30-26(22)21-9-4-5-11-24(21)31-25)28(35)33(29(37)32-27)18-12-14-20(15-13-18)36-19-7-2-1-3-8-19/h1-17H,(H,32,34,37)/b23-17+. The molecule has 2 aromatic heterocycles. The number of nitrogens with one attached hydrogen (secondary N) is 1. The van der Waals surface area contributed by atoms with Crippen molar-refractivity contribution in [1.82, 2.24) is 15.3 Å². The number of rotatable bonds is 4. The zero-order valence-corrected chi connectivity index (χ0v) is 20.1. The number of fused-ring (bicyclic) bond motifs is 3. The van der Waals surface area contributed by atoms with Gasteiger partial charge in [0, 0.05) is 17.0 Å². The predicted molar refractivity (Wildman–Crippen MR) is 146 cm³/mol. The summed E-state index contributed by atoms with van der Waals surface area (Å²) < 4.78 is 5.84. The number of ether oxygens (including phenoxy) is 1. The molecular weight excluding hydrogens is 484 g/mol. The van der Waals surface area contributed by atoms with E-state index in [9.17, 15) is 9.59 Å². The molecule has 1 saturated heterocycles. The first kappa shape index (κ1) is 22.5. The summed E-state index contributed by atoms with van der Waals surface area (Å²) in [4.78, 5) is 37.0. The van der Waals surface area contributed by atoms with Gasteiger partial charge in [-0.1, -0.05) is 36.4 Å². The van der Waals surface area contributed by atoms with Gasteiger partial charge in [-0.05, 0) is 72.9 Å². The van der Waals surface area contributed by atoms with Gasteiger partial charge in [-0.3, -0.25) is 24.8 Å². The van der Waals surface area contributed by atoms with Gasteiger partial charge in [0.2, 0.25) is 0 Å². The Bertz CT molecular complexity index is 1730. The number of nitrogens with zero attached hydrogens (tertiary/aromatic N) is 3. The van der Waals surface area contributed by atoms with E-state index in [0.717, 1.165) is 16.3 Å². The van der Waals surface area contributed by atoms with Crippen molar-refractivity contribution in [2.45, 2.75) is 0 Å². The normalized spacial score (nSPS) is 14.9. The Kier molecular flexibility index (Phi) is 5.63. The third kappa shape index (κ3) is 4.19. The summed E-state index contributed by atoms with van der Waals surface area (Å²) in [5, 5.41) is 4.25. The van der Waals surface area contributed by atoms with Crippen molar-refractivity contribution in [3.8, 4) is 11.5 Å². The molecule has 1 aliphatic heterocycles. The van der Waals surface area contributed by atoms with E-state index in [4.69, 9.17) is 21.9 Å². The van der Waals surface area contributed by atoms with Gasteiger partial charge in [0.05, 0.1) is 22.4 Å². The molecule has 0 unspecified atom stereocenters. The Morgan fingerprint density at radius 2 is 1.51 bits per heavy atom. The largest absolute Gasteiger partial charge is 0.457 e. The Balaban J connectivity index is 1.37. The van der Waals surface area contributed by atoms with Crippen molar-refractivity contribution in [2.75, 3.05) is 4.90 Å². The number of para-hydroxylation sites is 2. The summed E-state index contributed by atoms with van der Waals surface area (Å²) >= 11 is 5.35. The van der Waals surface area contributed by atoms with Crippen molar-refractivity contribution in [3.05, 3.63) is 108 Å². The summed E-state index contributed by atoms with van der Waals surface area (Å²) in [7, 11) is 0. The SMILES string of the molecule is O=C1NC(=S)N(c2ccc(Oc3ccccc3)cc2)C(=O)/C1=C/c1nc2ccccc2c2ncccc12. The third-order valence-corrected chi connectivity index (χ3v) is 6.22. The molecule has 7 nitrogen and oxygen atoms in total. The molecule has 0 atom stereocenters. The van der Waals surface area contributed by atoms with Crippen LogP contribution in [0.3, 0.4) is 0 Å². The van der Waals surface area contributed by atoms with Crippen LogP contribution in [-0.4, -0.2) is 26.9 Å². The lowest BCUT2D eigenvalue weighted by Crippen LogP contribution is -2.54. The maximum Gasteiger partial charge on any atom is 0.270 e. The summed E-state index contributed by atoms with van der Waals surface area (Å²) in [5.74, 6) is 0.172. The average Bonchev–Trinajstić information content (AvgIpc) is 2.92. The Labute approximate surface area is 217 Å². The number of hydrogen-bond acceptors (Lipinski definition) is 6. The summed E-state index contributed by atoms with van der Waals surface area (Å²) in [6.45, 7) is 0. The van der Waals surface area contributed by atoms with E-state index in [0.29, 0.717) is 28.4 Å². The highest BCUT2D eigenvalue weighted by Gasteiger charge is 2.34. The van der Waals surface area contributed by atoms with E-state index in [2.05, 4.69) is 10.3 Å². The van der Waals surface area contributed by atoms with Gasteiger partial charge in [-0.15, -0.1) is 0 Å². The molecule has 0 aliphatic carbocycles. The van der Waals surface area contributed by atoms with E-state index in [1.807, 2.05) is 60.7 Å². The van der Waals surface area contributed by atoms with Gasteiger partial charge in [0.15, 0.2) is 5.11 Å². The van der Waals surface area contributed by atoms with Gasteiger partial charge in [-0.2, -0.15) is 0 Å². The smallest absolute Gasteiger partial charge is 0.270 e. The lowest BCUT2D eigenvalue weighted by atomic mass is 10.0. The van der Waals surface area contributed by atoms with E-state index < -0.39 is 11.8 Å². The molecule has 37 heavy (non-hydrogen) atoms. The number of aromatic nitrogens is 2. The minimum Gasteiger partial charge on any atom is -0.457 e. The number of pyridine rings is 2. The first-order valence-electron chi connectivity index (χ1n) is 11.5. The van der Waals surface area contributed by atoms with Gasteiger partial charge < -0.3 is 4.74 Å². The second kappa shape index (κ2) is 9.25. The van der Waals surface area contributed by atoms with E-state index in [1.165, 1.54) is 11.0 Å². The second-order valence-electron chi connectivity index (χ2n) is 8.28. The van der Waals surface area contributed by atoms with E-state index in [-0.39, 0.29) is 10.7 Å². The minimum absolute atomic E-state index is 0.00173. The fourth-order valence-electron chi connectivity index (χ4n) is 4.21. The monoisotopic (exact) mass is 502 g/mol. The number of thiocarbonyl (C=S) groups is 1. The van der Waals surface area contributed by atoms with Crippen LogP contribution in [-0.2, 0) is 9.59 Å². The molecule has 8 heteroatoms. The van der Waals surface area contributed by atoms with Gasteiger partial charge >= 0.3 is 0 Å². The van der Waals surface area contributed by atoms with Crippen LogP contribution in [0.15, 0.2) is 103 Å². The third-order valence-electron chi connectivity index (χ3n) is 5.94. The summed E-state index contributed by atoms with van der Waals surface area (Å²) in [6, 6.07) is 27.6. The van der Waals surface area contributed by atoms with Crippen LogP contribution in [0.5, 0.6) is 11.5 Å².